The lowest BCUT2D eigenvalue weighted by Gasteiger charge is -2.16. The first-order valence-corrected chi connectivity index (χ1v) is 12.0. The number of benzene rings is 2. The predicted octanol–water partition coefficient (Wildman–Crippen LogP) is 3.27. The number of amides is 1. The van der Waals surface area contributed by atoms with Crippen molar-refractivity contribution in [2.24, 2.45) is 0 Å². The first-order valence-electron chi connectivity index (χ1n) is 12.0. The van der Waals surface area contributed by atoms with E-state index in [-0.39, 0.29) is 18.0 Å². The monoisotopic (exact) mass is 487 g/mol. The fourth-order valence-corrected chi connectivity index (χ4v) is 4.02. The summed E-state index contributed by atoms with van der Waals surface area (Å²) in [5, 5.41) is 26.3. The van der Waals surface area contributed by atoms with Gasteiger partial charge in [-0.25, -0.2) is 4.98 Å². The Kier molecular flexibility index (Phi) is 8.17. The molecule has 186 valence electrons. The number of carbonyl (C=O) groups excluding carboxylic acids is 1. The van der Waals surface area contributed by atoms with Crippen molar-refractivity contribution in [1.82, 2.24) is 35.5 Å². The molecule has 3 N–H and O–H groups in total. The van der Waals surface area contributed by atoms with Crippen molar-refractivity contribution >= 4 is 11.9 Å². The largest absolute Gasteiger partial charge is 0.481 e. The van der Waals surface area contributed by atoms with Crippen molar-refractivity contribution in [2.75, 3.05) is 0 Å². The quantitative estimate of drug-likeness (QED) is 0.279. The van der Waals surface area contributed by atoms with Crippen LogP contribution in [0.3, 0.4) is 0 Å². The molecule has 4 aromatic rings. The first kappa shape index (κ1) is 24.8. The van der Waals surface area contributed by atoms with Gasteiger partial charge in [0.05, 0.1) is 6.42 Å². The SMILES string of the molecule is CCCCc1nc(C(=O)NC(CC(=O)O)Cc2ccccc2)cn1Cc1ccc(-c2nn[nH]n2)cc1. The van der Waals surface area contributed by atoms with Crippen LogP contribution in [0, 0.1) is 0 Å². The van der Waals surface area contributed by atoms with E-state index in [2.05, 4.69) is 37.8 Å². The van der Waals surface area contributed by atoms with Crippen molar-refractivity contribution in [1.29, 1.82) is 0 Å². The molecule has 0 aliphatic rings. The summed E-state index contributed by atoms with van der Waals surface area (Å²) < 4.78 is 1.98. The van der Waals surface area contributed by atoms with Gasteiger partial charge in [0.1, 0.15) is 11.5 Å². The molecule has 1 amide bonds. The van der Waals surface area contributed by atoms with Crippen LogP contribution in [-0.4, -0.2) is 53.2 Å². The van der Waals surface area contributed by atoms with E-state index < -0.39 is 12.0 Å². The summed E-state index contributed by atoms with van der Waals surface area (Å²) in [6.07, 6.45) is 4.70. The van der Waals surface area contributed by atoms with E-state index in [4.69, 9.17) is 0 Å². The Morgan fingerprint density at radius 1 is 1.08 bits per heavy atom. The minimum Gasteiger partial charge on any atom is -0.481 e. The molecule has 0 aliphatic carbocycles. The number of tetrazole rings is 1. The van der Waals surface area contributed by atoms with E-state index >= 15 is 0 Å². The molecular formula is C26H29N7O3. The highest BCUT2D eigenvalue weighted by molar-refractivity contribution is 5.92. The lowest BCUT2D eigenvalue weighted by atomic mass is 10.0. The zero-order chi connectivity index (χ0) is 25.3. The lowest BCUT2D eigenvalue weighted by Crippen LogP contribution is -2.38. The molecule has 2 heterocycles. The number of aromatic amines is 1. The summed E-state index contributed by atoms with van der Waals surface area (Å²) in [6, 6.07) is 16.8. The molecule has 1 unspecified atom stereocenters. The summed E-state index contributed by atoms with van der Waals surface area (Å²) in [7, 11) is 0. The van der Waals surface area contributed by atoms with E-state index in [0.29, 0.717) is 18.8 Å². The maximum atomic E-state index is 13.1. The minimum atomic E-state index is -0.963. The van der Waals surface area contributed by atoms with Crippen LogP contribution in [0.5, 0.6) is 0 Å². The summed E-state index contributed by atoms with van der Waals surface area (Å²) in [4.78, 5) is 29.1. The van der Waals surface area contributed by atoms with Gasteiger partial charge in [-0.15, -0.1) is 10.2 Å². The van der Waals surface area contributed by atoms with Gasteiger partial charge in [0.2, 0.25) is 5.82 Å². The van der Waals surface area contributed by atoms with Crippen molar-refractivity contribution in [3.63, 3.8) is 0 Å². The van der Waals surface area contributed by atoms with Crippen molar-refractivity contribution in [3.05, 3.63) is 83.4 Å². The van der Waals surface area contributed by atoms with Gasteiger partial charge in [-0.05, 0) is 29.2 Å². The maximum Gasteiger partial charge on any atom is 0.305 e. The zero-order valence-electron chi connectivity index (χ0n) is 20.1. The number of aliphatic carboxylic acids is 1. The average Bonchev–Trinajstić information content (AvgIpc) is 3.54. The third-order valence-corrected chi connectivity index (χ3v) is 5.84. The number of aryl methyl sites for hydroxylation is 1. The highest BCUT2D eigenvalue weighted by atomic mass is 16.4. The topological polar surface area (TPSA) is 139 Å². The van der Waals surface area contributed by atoms with Crippen LogP contribution < -0.4 is 5.32 Å². The molecular weight excluding hydrogens is 458 g/mol. The fraction of sp³-hybridized carbons (Fsp3) is 0.308. The second-order valence-electron chi connectivity index (χ2n) is 8.66. The van der Waals surface area contributed by atoms with Gasteiger partial charge in [0, 0.05) is 30.8 Å². The van der Waals surface area contributed by atoms with Crippen LogP contribution in [-0.2, 0) is 24.2 Å². The van der Waals surface area contributed by atoms with E-state index in [1.54, 1.807) is 6.20 Å². The number of rotatable bonds is 12. The Hall–Kier alpha value is -4.34. The number of carboxylic acids is 1. The number of hydrogen-bond donors (Lipinski definition) is 3. The Morgan fingerprint density at radius 2 is 1.86 bits per heavy atom. The first-order chi connectivity index (χ1) is 17.5. The molecule has 36 heavy (non-hydrogen) atoms. The zero-order valence-corrected chi connectivity index (χ0v) is 20.1. The molecule has 0 aliphatic heterocycles. The summed E-state index contributed by atoms with van der Waals surface area (Å²) in [6.45, 7) is 2.66. The van der Waals surface area contributed by atoms with Gasteiger partial charge in [0.25, 0.3) is 5.91 Å². The molecule has 0 saturated heterocycles. The van der Waals surface area contributed by atoms with Gasteiger partial charge in [0.15, 0.2) is 0 Å². The Morgan fingerprint density at radius 3 is 2.53 bits per heavy atom. The number of hydrogen-bond acceptors (Lipinski definition) is 6. The smallest absolute Gasteiger partial charge is 0.305 e. The third kappa shape index (κ3) is 6.62. The Labute approximate surface area is 208 Å². The number of nitrogens with zero attached hydrogens (tertiary/aromatic N) is 5. The van der Waals surface area contributed by atoms with E-state index in [1.165, 1.54) is 0 Å². The molecule has 0 fully saturated rings. The molecule has 10 nitrogen and oxygen atoms in total. The molecule has 4 rings (SSSR count). The molecule has 0 saturated carbocycles. The molecule has 0 bridgehead atoms. The summed E-state index contributed by atoms with van der Waals surface area (Å²) in [5.41, 5.74) is 3.14. The Bertz CT molecular complexity index is 1270. The highest BCUT2D eigenvalue weighted by Crippen LogP contribution is 2.17. The van der Waals surface area contributed by atoms with E-state index in [0.717, 1.165) is 41.8 Å². The second-order valence-corrected chi connectivity index (χ2v) is 8.66. The number of carbonyl (C=O) groups is 2. The van der Waals surface area contributed by atoms with Gasteiger partial charge < -0.3 is 15.0 Å². The highest BCUT2D eigenvalue weighted by Gasteiger charge is 2.21. The van der Waals surface area contributed by atoms with Crippen LogP contribution in [0.4, 0.5) is 0 Å². The predicted molar refractivity (Wildman–Crippen MR) is 133 cm³/mol. The number of aromatic nitrogens is 6. The molecule has 10 heteroatoms. The van der Waals surface area contributed by atoms with Gasteiger partial charge in [-0.3, -0.25) is 9.59 Å². The normalized spacial score (nSPS) is 11.8. The maximum absolute atomic E-state index is 13.1. The lowest BCUT2D eigenvalue weighted by molar-refractivity contribution is -0.137. The fourth-order valence-electron chi connectivity index (χ4n) is 4.02. The summed E-state index contributed by atoms with van der Waals surface area (Å²) >= 11 is 0. The number of H-pyrrole nitrogens is 1. The molecule has 0 spiro atoms. The van der Waals surface area contributed by atoms with Crippen LogP contribution in [0.25, 0.3) is 11.4 Å². The van der Waals surface area contributed by atoms with Gasteiger partial charge in [-0.1, -0.05) is 67.9 Å². The van der Waals surface area contributed by atoms with E-state index in [1.807, 2.05) is 59.2 Å². The van der Waals surface area contributed by atoms with Crippen molar-refractivity contribution in [2.45, 2.75) is 51.6 Å². The van der Waals surface area contributed by atoms with Crippen molar-refractivity contribution in [3.8, 4) is 11.4 Å². The van der Waals surface area contributed by atoms with Crippen LogP contribution >= 0.6 is 0 Å². The molecule has 2 aromatic heterocycles. The minimum absolute atomic E-state index is 0.170. The van der Waals surface area contributed by atoms with Crippen LogP contribution in [0.15, 0.2) is 60.8 Å². The third-order valence-electron chi connectivity index (χ3n) is 5.84. The molecule has 2 aromatic carbocycles. The Balaban J connectivity index is 1.50. The number of imidazole rings is 1. The number of nitrogens with one attached hydrogen (secondary N) is 2. The number of unbranched alkanes of at least 4 members (excludes halogenated alkanes) is 1. The van der Waals surface area contributed by atoms with Crippen LogP contribution in [0.1, 0.15) is 53.6 Å². The average molecular weight is 488 g/mol. The van der Waals surface area contributed by atoms with Gasteiger partial charge in [-0.2, -0.15) is 5.21 Å². The number of carboxylic acid groups (broad SMARTS) is 1. The molecule has 0 radical (unpaired) electrons. The van der Waals surface area contributed by atoms with Gasteiger partial charge >= 0.3 is 5.97 Å². The van der Waals surface area contributed by atoms with Crippen LogP contribution in [0.2, 0.25) is 0 Å². The van der Waals surface area contributed by atoms with Crippen molar-refractivity contribution < 1.29 is 14.7 Å². The molecule has 1 atom stereocenters. The second kappa shape index (κ2) is 11.9. The summed E-state index contributed by atoms with van der Waals surface area (Å²) in [5.74, 6) is 0.0103. The van der Waals surface area contributed by atoms with E-state index in [9.17, 15) is 14.7 Å². The standard InChI is InChI=1S/C26H29N7O3/c1-2-3-9-23-28-22(26(36)27-21(15-24(34)35)14-18-7-5-4-6-8-18)17-33(23)16-19-10-12-20(13-11-19)25-29-31-32-30-25/h4-8,10-13,17,21H,2-3,9,14-16H2,1H3,(H,27,36)(H,34,35)(H,29,30,31,32).